The van der Waals surface area contributed by atoms with Crippen molar-refractivity contribution in [2.75, 3.05) is 31.4 Å². The number of sulfonamides is 1. The van der Waals surface area contributed by atoms with Gasteiger partial charge in [-0.1, -0.05) is 6.07 Å². The number of benzene rings is 2. The zero-order valence-corrected chi connectivity index (χ0v) is 21.5. The first-order chi connectivity index (χ1) is 17.2. The molecule has 2 aliphatic heterocycles. The summed E-state index contributed by atoms with van der Waals surface area (Å²) in [6.45, 7) is 1.52. The largest absolute Gasteiger partial charge is 0.390 e. The number of para-hydroxylation sites is 1. The Morgan fingerprint density at radius 2 is 1.89 bits per heavy atom. The third-order valence-electron chi connectivity index (χ3n) is 7.14. The number of thiazole rings is 1. The lowest BCUT2D eigenvalue weighted by Crippen LogP contribution is -2.48. The van der Waals surface area contributed by atoms with E-state index in [-0.39, 0.29) is 22.6 Å². The van der Waals surface area contributed by atoms with Crippen LogP contribution in [0.1, 0.15) is 36.0 Å². The highest BCUT2D eigenvalue weighted by Gasteiger charge is 2.40. The van der Waals surface area contributed by atoms with Gasteiger partial charge in [-0.05, 0) is 62.1 Å². The zero-order valence-electron chi connectivity index (χ0n) is 19.9. The molecule has 1 atom stereocenters. The van der Waals surface area contributed by atoms with E-state index in [2.05, 4.69) is 9.71 Å². The second-order valence-electron chi connectivity index (χ2n) is 9.60. The molecular formula is C25H28N4O5S2. The second kappa shape index (κ2) is 9.45. The van der Waals surface area contributed by atoms with E-state index >= 15 is 0 Å². The highest BCUT2D eigenvalue weighted by Crippen LogP contribution is 2.34. The molecule has 190 valence electrons. The number of likely N-dealkylation sites (tertiary alicyclic amines) is 2. The van der Waals surface area contributed by atoms with Crippen molar-refractivity contribution in [2.24, 2.45) is 5.92 Å². The number of amides is 2. The molecule has 0 aliphatic carbocycles. The number of aliphatic hydroxyl groups is 1. The maximum absolute atomic E-state index is 13.0. The fourth-order valence-electron chi connectivity index (χ4n) is 5.02. The van der Waals surface area contributed by atoms with Gasteiger partial charge in [-0.3, -0.25) is 14.3 Å². The molecular weight excluding hydrogens is 500 g/mol. The van der Waals surface area contributed by atoms with Crippen LogP contribution in [-0.2, 0) is 14.8 Å². The van der Waals surface area contributed by atoms with Gasteiger partial charge in [0.2, 0.25) is 5.91 Å². The number of rotatable bonds is 6. The molecule has 3 aromatic rings. The van der Waals surface area contributed by atoms with Gasteiger partial charge in [0.1, 0.15) is 10.4 Å². The number of hydrogen-bond acceptors (Lipinski definition) is 7. The van der Waals surface area contributed by atoms with Crippen molar-refractivity contribution in [3.8, 4) is 0 Å². The Labute approximate surface area is 213 Å². The number of nitrogens with zero attached hydrogens (tertiary/aromatic N) is 3. The van der Waals surface area contributed by atoms with E-state index in [9.17, 15) is 23.1 Å². The monoisotopic (exact) mass is 528 g/mol. The first kappa shape index (κ1) is 24.7. The summed E-state index contributed by atoms with van der Waals surface area (Å²) in [6.07, 6.45) is 2.04. The Hall–Kier alpha value is -3.02. The van der Waals surface area contributed by atoms with Crippen LogP contribution in [0.3, 0.4) is 0 Å². The molecule has 0 spiro atoms. The number of fused-ring (bicyclic) bond motifs is 1. The minimum absolute atomic E-state index is 0.0842. The molecule has 1 unspecified atom stereocenters. The maximum atomic E-state index is 13.0. The number of nitrogens with one attached hydrogen (secondary N) is 1. The van der Waals surface area contributed by atoms with Gasteiger partial charge in [0.25, 0.3) is 15.9 Å². The summed E-state index contributed by atoms with van der Waals surface area (Å²) in [7, 11) is -2.07. The van der Waals surface area contributed by atoms with Gasteiger partial charge in [-0.25, -0.2) is 13.4 Å². The van der Waals surface area contributed by atoms with Crippen LogP contribution in [0.2, 0.25) is 0 Å². The van der Waals surface area contributed by atoms with E-state index in [1.807, 2.05) is 6.07 Å². The number of aromatic nitrogens is 1. The molecule has 9 nitrogen and oxygen atoms in total. The average Bonchev–Trinajstić information content (AvgIpc) is 3.46. The number of hydrogen-bond donors (Lipinski definition) is 2. The van der Waals surface area contributed by atoms with Gasteiger partial charge in [0.15, 0.2) is 0 Å². The number of anilines is 1. The third kappa shape index (κ3) is 4.82. The molecule has 2 aromatic carbocycles. The second-order valence-corrected chi connectivity index (χ2v) is 12.1. The Morgan fingerprint density at radius 1 is 1.17 bits per heavy atom. The van der Waals surface area contributed by atoms with Crippen LogP contribution in [0.4, 0.5) is 5.69 Å². The fourth-order valence-corrected chi connectivity index (χ4v) is 7.02. The lowest BCUT2D eigenvalue weighted by molar-refractivity contribution is -0.132. The normalized spacial score (nSPS) is 20.2. The molecule has 1 aromatic heterocycles. The highest BCUT2D eigenvalue weighted by molar-refractivity contribution is 7.93. The summed E-state index contributed by atoms with van der Waals surface area (Å²) in [5.74, 6) is -0.239. The molecule has 2 saturated heterocycles. The molecule has 2 fully saturated rings. The van der Waals surface area contributed by atoms with Crippen LogP contribution in [0, 0.1) is 5.92 Å². The van der Waals surface area contributed by atoms with Gasteiger partial charge in [0, 0.05) is 43.9 Å². The summed E-state index contributed by atoms with van der Waals surface area (Å²) in [4.78, 5) is 32.9. The van der Waals surface area contributed by atoms with E-state index in [1.54, 1.807) is 52.7 Å². The van der Waals surface area contributed by atoms with Crippen molar-refractivity contribution in [3.05, 3.63) is 53.5 Å². The zero-order chi connectivity index (χ0) is 25.5. The van der Waals surface area contributed by atoms with Crippen LogP contribution < -0.4 is 4.72 Å². The number of carbonyl (C=O) groups is 2. The lowest BCUT2D eigenvalue weighted by Gasteiger charge is -2.39. The van der Waals surface area contributed by atoms with Crippen LogP contribution in [0.25, 0.3) is 10.2 Å². The van der Waals surface area contributed by atoms with Crippen molar-refractivity contribution in [1.29, 1.82) is 0 Å². The minimum atomic E-state index is -3.85. The summed E-state index contributed by atoms with van der Waals surface area (Å²) in [5.41, 5.74) is 1.88. The molecule has 0 bridgehead atoms. The van der Waals surface area contributed by atoms with Crippen molar-refractivity contribution in [2.45, 2.75) is 36.2 Å². The predicted octanol–water partition coefficient (Wildman–Crippen LogP) is 2.93. The van der Waals surface area contributed by atoms with Crippen molar-refractivity contribution < 1.29 is 23.1 Å². The summed E-state index contributed by atoms with van der Waals surface area (Å²) in [5, 5.41) is 11.0. The van der Waals surface area contributed by atoms with Crippen molar-refractivity contribution in [1.82, 2.24) is 14.8 Å². The molecule has 3 heterocycles. The number of piperidine rings is 1. The van der Waals surface area contributed by atoms with E-state index < -0.39 is 15.6 Å². The first-order valence-electron chi connectivity index (χ1n) is 11.9. The van der Waals surface area contributed by atoms with Gasteiger partial charge < -0.3 is 14.9 Å². The molecule has 2 aliphatic rings. The highest BCUT2D eigenvalue weighted by atomic mass is 32.2. The molecule has 36 heavy (non-hydrogen) atoms. The van der Waals surface area contributed by atoms with Crippen LogP contribution in [0.15, 0.2) is 52.9 Å². The van der Waals surface area contributed by atoms with Gasteiger partial charge in [-0.2, -0.15) is 0 Å². The van der Waals surface area contributed by atoms with E-state index in [0.717, 1.165) is 17.7 Å². The van der Waals surface area contributed by atoms with Crippen LogP contribution >= 0.6 is 11.3 Å². The van der Waals surface area contributed by atoms with Crippen molar-refractivity contribution >= 4 is 49.1 Å². The topological polar surface area (TPSA) is 120 Å². The van der Waals surface area contributed by atoms with Gasteiger partial charge in [0.05, 0.1) is 15.8 Å². The average molecular weight is 529 g/mol. The SMILES string of the molecule is CN1CCC(CC2(O)CCN(C(=O)c3ccc(NS(=O)(=O)c4cccc5scnc45)cc3)CC2)C1=O. The number of carbonyl (C=O) groups excluding carboxylic acids is 2. The van der Waals surface area contributed by atoms with Crippen LogP contribution in [0.5, 0.6) is 0 Å². The molecule has 5 rings (SSSR count). The molecule has 11 heteroatoms. The maximum Gasteiger partial charge on any atom is 0.264 e. The van der Waals surface area contributed by atoms with E-state index in [4.69, 9.17) is 0 Å². The molecule has 2 amide bonds. The third-order valence-corrected chi connectivity index (χ3v) is 9.35. The smallest absolute Gasteiger partial charge is 0.264 e. The van der Waals surface area contributed by atoms with E-state index in [1.165, 1.54) is 17.4 Å². The minimum Gasteiger partial charge on any atom is -0.390 e. The molecule has 0 saturated carbocycles. The first-order valence-corrected chi connectivity index (χ1v) is 14.2. The van der Waals surface area contributed by atoms with Crippen LogP contribution in [-0.4, -0.2) is 72.4 Å². The fraction of sp³-hybridized carbons (Fsp3) is 0.400. The quantitative estimate of drug-likeness (QED) is 0.508. The Morgan fingerprint density at radius 3 is 2.56 bits per heavy atom. The summed E-state index contributed by atoms with van der Waals surface area (Å²) in [6, 6.07) is 11.3. The predicted molar refractivity (Wildman–Crippen MR) is 137 cm³/mol. The van der Waals surface area contributed by atoms with Crippen molar-refractivity contribution in [3.63, 3.8) is 0 Å². The van der Waals surface area contributed by atoms with Gasteiger partial charge >= 0.3 is 0 Å². The standard InChI is InChI=1S/C25H28N4O5S2/c1-28-12-9-18(23(28)30)15-25(32)10-13-29(14-11-25)24(31)17-5-7-19(8-6-17)27-36(33,34)21-4-2-3-20-22(21)26-16-35-20/h2-8,16,18,27,32H,9-15H2,1H3. The Bertz CT molecular complexity index is 1400. The van der Waals surface area contributed by atoms with E-state index in [0.29, 0.717) is 49.1 Å². The Kier molecular flexibility index (Phi) is 6.48. The van der Waals surface area contributed by atoms with Gasteiger partial charge in [-0.15, -0.1) is 11.3 Å². The lowest BCUT2D eigenvalue weighted by atomic mass is 9.82. The summed E-state index contributed by atoms with van der Waals surface area (Å²) < 4.78 is 29.2. The molecule has 2 N–H and O–H groups in total. The summed E-state index contributed by atoms with van der Waals surface area (Å²) >= 11 is 1.37. The molecule has 0 radical (unpaired) electrons. The Balaban J connectivity index is 1.21.